The maximum Gasteiger partial charge on any atom is 0.326 e. The fraction of sp³-hybridized carbons (Fsp3) is 0.312. The number of carbonyl (C=O) groups excluding carboxylic acids is 1. The minimum Gasteiger partial charge on any atom is -0.493 e. The highest BCUT2D eigenvalue weighted by Crippen LogP contribution is 2.28. The van der Waals surface area contributed by atoms with Crippen LogP contribution in [0.4, 0.5) is 0 Å². The first-order valence-electron chi connectivity index (χ1n) is 7.11. The lowest BCUT2D eigenvalue weighted by molar-refractivity contribution is -0.146. The van der Waals surface area contributed by atoms with E-state index in [1.165, 1.54) is 13.2 Å². The van der Waals surface area contributed by atoms with E-state index < -0.39 is 30.3 Å². The molecule has 0 fully saturated rings. The van der Waals surface area contributed by atoms with Gasteiger partial charge in [0.05, 0.1) is 20.1 Å². The van der Waals surface area contributed by atoms with Crippen LogP contribution in [-0.4, -0.2) is 47.8 Å². The van der Waals surface area contributed by atoms with Crippen LogP contribution in [0.5, 0.6) is 11.5 Å². The quantitative estimate of drug-likeness (QED) is 0.578. The molecule has 3 N–H and O–H groups in total. The van der Waals surface area contributed by atoms with Gasteiger partial charge in [0.15, 0.2) is 11.5 Å². The summed E-state index contributed by atoms with van der Waals surface area (Å²) in [6, 6.07) is 3.54. The van der Waals surface area contributed by atoms with Crippen LogP contribution in [0, 0.1) is 0 Å². The molecule has 1 amide bonds. The number of carboxylic acid groups (broad SMARTS) is 2. The van der Waals surface area contributed by atoms with Gasteiger partial charge in [-0.1, -0.05) is 6.07 Å². The molecule has 1 rings (SSSR count). The van der Waals surface area contributed by atoms with Crippen molar-refractivity contribution in [2.75, 3.05) is 13.7 Å². The van der Waals surface area contributed by atoms with Crippen LogP contribution < -0.4 is 14.8 Å². The largest absolute Gasteiger partial charge is 0.493 e. The van der Waals surface area contributed by atoms with Gasteiger partial charge in [0, 0.05) is 6.08 Å². The Hall–Kier alpha value is -3.03. The zero-order valence-electron chi connectivity index (χ0n) is 13.3. The van der Waals surface area contributed by atoms with E-state index in [-0.39, 0.29) is 0 Å². The minimum absolute atomic E-state index is 0.480. The van der Waals surface area contributed by atoms with E-state index in [0.717, 1.165) is 6.08 Å². The van der Waals surface area contributed by atoms with Crippen molar-refractivity contribution in [2.45, 2.75) is 19.4 Å². The Morgan fingerprint density at radius 1 is 1.25 bits per heavy atom. The predicted molar refractivity (Wildman–Crippen MR) is 85.0 cm³/mol. The monoisotopic (exact) mass is 337 g/mol. The van der Waals surface area contributed by atoms with Gasteiger partial charge >= 0.3 is 11.9 Å². The van der Waals surface area contributed by atoms with Gasteiger partial charge in [-0.05, 0) is 30.7 Å². The standard InChI is InChI=1S/C16H19NO7/c1-3-24-12-6-4-10(8-13(12)23-2)5-7-14(18)17-11(16(21)22)9-15(19)20/h4-8,11H,3,9H2,1-2H3,(H,17,18)(H,19,20)(H,21,22)/b7-5+. The molecule has 0 aliphatic rings. The van der Waals surface area contributed by atoms with Crippen LogP contribution in [0.25, 0.3) is 6.08 Å². The summed E-state index contributed by atoms with van der Waals surface area (Å²) in [4.78, 5) is 33.2. The Morgan fingerprint density at radius 2 is 1.96 bits per heavy atom. The van der Waals surface area contributed by atoms with Crippen LogP contribution in [-0.2, 0) is 14.4 Å². The van der Waals surface area contributed by atoms with Gasteiger partial charge < -0.3 is 25.0 Å². The average Bonchev–Trinajstić information content (AvgIpc) is 2.53. The van der Waals surface area contributed by atoms with Gasteiger partial charge in [-0.25, -0.2) is 4.79 Å². The predicted octanol–water partition coefficient (Wildman–Crippen LogP) is 1.15. The lowest BCUT2D eigenvalue weighted by Crippen LogP contribution is -2.41. The number of amides is 1. The molecular formula is C16H19NO7. The van der Waals surface area contributed by atoms with E-state index >= 15 is 0 Å². The minimum atomic E-state index is -1.49. The van der Waals surface area contributed by atoms with Gasteiger partial charge in [-0.15, -0.1) is 0 Å². The first kappa shape index (κ1) is 19.0. The summed E-state index contributed by atoms with van der Waals surface area (Å²) in [5, 5.41) is 19.6. The second kappa shape index (κ2) is 9.19. The molecule has 24 heavy (non-hydrogen) atoms. The van der Waals surface area contributed by atoms with Crippen molar-refractivity contribution in [3.63, 3.8) is 0 Å². The maximum absolute atomic E-state index is 11.7. The van der Waals surface area contributed by atoms with Crippen LogP contribution in [0.1, 0.15) is 18.9 Å². The van der Waals surface area contributed by atoms with E-state index in [1.54, 1.807) is 18.2 Å². The van der Waals surface area contributed by atoms with Crippen molar-refractivity contribution in [1.29, 1.82) is 0 Å². The molecule has 130 valence electrons. The van der Waals surface area contributed by atoms with Crippen LogP contribution in [0.2, 0.25) is 0 Å². The summed E-state index contributed by atoms with van der Waals surface area (Å²) in [5.74, 6) is -2.39. The average molecular weight is 337 g/mol. The van der Waals surface area contributed by atoms with Crippen LogP contribution in [0.15, 0.2) is 24.3 Å². The number of methoxy groups -OCH3 is 1. The SMILES string of the molecule is CCOc1ccc(/C=C/C(=O)NC(CC(=O)O)C(=O)O)cc1OC. The lowest BCUT2D eigenvalue weighted by Gasteiger charge is -2.11. The molecule has 0 saturated carbocycles. The van der Waals surface area contributed by atoms with Crippen molar-refractivity contribution >= 4 is 23.9 Å². The summed E-state index contributed by atoms with van der Waals surface area (Å²) in [7, 11) is 1.49. The van der Waals surface area contributed by atoms with Crippen molar-refractivity contribution in [1.82, 2.24) is 5.32 Å². The number of carbonyl (C=O) groups is 3. The number of nitrogens with one attached hydrogen (secondary N) is 1. The van der Waals surface area contributed by atoms with E-state index in [2.05, 4.69) is 5.32 Å². The molecule has 1 unspecified atom stereocenters. The number of hydrogen-bond acceptors (Lipinski definition) is 5. The molecule has 0 aliphatic carbocycles. The second-order valence-electron chi connectivity index (χ2n) is 4.67. The van der Waals surface area contributed by atoms with E-state index in [9.17, 15) is 14.4 Å². The number of aliphatic carboxylic acids is 2. The summed E-state index contributed by atoms with van der Waals surface area (Å²) in [6.07, 6.45) is 1.87. The number of hydrogen-bond donors (Lipinski definition) is 3. The first-order valence-corrected chi connectivity index (χ1v) is 7.11. The number of ether oxygens (including phenoxy) is 2. The molecule has 0 bridgehead atoms. The molecule has 0 spiro atoms. The maximum atomic E-state index is 11.7. The normalized spacial score (nSPS) is 11.8. The van der Waals surface area contributed by atoms with E-state index in [0.29, 0.717) is 23.7 Å². The number of benzene rings is 1. The zero-order chi connectivity index (χ0) is 18.1. The molecule has 0 saturated heterocycles. The number of rotatable bonds is 9. The van der Waals surface area contributed by atoms with Crippen molar-refractivity contribution in [2.24, 2.45) is 0 Å². The fourth-order valence-electron chi connectivity index (χ4n) is 1.83. The third-order valence-corrected chi connectivity index (χ3v) is 2.91. The van der Waals surface area contributed by atoms with Gasteiger partial charge in [0.1, 0.15) is 6.04 Å². The highest BCUT2D eigenvalue weighted by atomic mass is 16.5. The smallest absolute Gasteiger partial charge is 0.326 e. The summed E-state index contributed by atoms with van der Waals surface area (Å²) >= 11 is 0. The van der Waals surface area contributed by atoms with Crippen molar-refractivity contribution < 1.29 is 34.1 Å². The molecule has 8 heteroatoms. The Bertz CT molecular complexity index is 639. The molecule has 1 atom stereocenters. The highest BCUT2D eigenvalue weighted by molar-refractivity contribution is 5.95. The van der Waals surface area contributed by atoms with Crippen molar-refractivity contribution in [3.8, 4) is 11.5 Å². The zero-order valence-corrected chi connectivity index (χ0v) is 13.3. The third kappa shape index (κ3) is 5.99. The lowest BCUT2D eigenvalue weighted by atomic mass is 10.1. The van der Waals surface area contributed by atoms with Gasteiger partial charge in [0.2, 0.25) is 5.91 Å². The Morgan fingerprint density at radius 3 is 2.50 bits per heavy atom. The van der Waals surface area contributed by atoms with Crippen LogP contribution >= 0.6 is 0 Å². The summed E-state index contributed by atoms with van der Waals surface area (Å²) in [5.41, 5.74) is 0.635. The molecule has 1 aromatic carbocycles. The van der Waals surface area contributed by atoms with Gasteiger partial charge in [-0.3, -0.25) is 9.59 Å². The Balaban J connectivity index is 2.78. The second-order valence-corrected chi connectivity index (χ2v) is 4.67. The van der Waals surface area contributed by atoms with Gasteiger partial charge in [-0.2, -0.15) is 0 Å². The molecule has 0 aromatic heterocycles. The van der Waals surface area contributed by atoms with Crippen molar-refractivity contribution in [3.05, 3.63) is 29.8 Å². The van der Waals surface area contributed by atoms with Crippen LogP contribution in [0.3, 0.4) is 0 Å². The van der Waals surface area contributed by atoms with Gasteiger partial charge in [0.25, 0.3) is 0 Å². The molecular weight excluding hydrogens is 318 g/mol. The molecule has 8 nitrogen and oxygen atoms in total. The fourth-order valence-corrected chi connectivity index (χ4v) is 1.83. The molecule has 0 aliphatic heterocycles. The topological polar surface area (TPSA) is 122 Å². The molecule has 0 heterocycles. The molecule has 1 aromatic rings. The molecule has 0 radical (unpaired) electrons. The highest BCUT2D eigenvalue weighted by Gasteiger charge is 2.21. The third-order valence-electron chi connectivity index (χ3n) is 2.91. The summed E-state index contributed by atoms with van der Waals surface area (Å²) in [6.45, 7) is 2.32. The number of carboxylic acids is 2. The van der Waals surface area contributed by atoms with E-state index in [4.69, 9.17) is 19.7 Å². The Labute approximate surface area is 138 Å². The Kier molecular flexibility index (Phi) is 7.28. The first-order chi connectivity index (χ1) is 11.4. The summed E-state index contributed by atoms with van der Waals surface area (Å²) < 4.78 is 10.6. The van der Waals surface area contributed by atoms with E-state index in [1.807, 2.05) is 6.92 Å².